The SMILES string of the molecule is Cc1nc(SC(C)C(=O)N2CCCCCC2)n[nH]1. The van der Waals surface area contributed by atoms with Gasteiger partial charge in [0, 0.05) is 13.1 Å². The summed E-state index contributed by atoms with van der Waals surface area (Å²) in [5.41, 5.74) is 0. The molecule has 0 aliphatic carbocycles. The smallest absolute Gasteiger partial charge is 0.235 e. The first-order valence-electron chi connectivity index (χ1n) is 6.51. The van der Waals surface area contributed by atoms with Gasteiger partial charge in [0.25, 0.3) is 0 Å². The lowest BCUT2D eigenvalue weighted by Crippen LogP contribution is -2.37. The molecule has 1 amide bonds. The zero-order valence-electron chi connectivity index (χ0n) is 11.0. The Bertz CT molecular complexity index is 399. The first kappa shape index (κ1) is 13.4. The molecule has 0 radical (unpaired) electrons. The number of amides is 1. The molecular weight excluding hydrogens is 248 g/mol. The van der Waals surface area contributed by atoms with E-state index in [-0.39, 0.29) is 11.2 Å². The van der Waals surface area contributed by atoms with Gasteiger partial charge in [0.05, 0.1) is 5.25 Å². The largest absolute Gasteiger partial charge is 0.342 e. The molecule has 5 nitrogen and oxygen atoms in total. The van der Waals surface area contributed by atoms with Crippen molar-refractivity contribution in [3.05, 3.63) is 5.82 Å². The standard InChI is InChI=1S/C12H20N4OS/c1-9(18-12-13-10(2)14-15-12)11(17)16-7-5-3-4-6-8-16/h9H,3-8H2,1-2H3,(H,13,14,15). The second-order valence-corrected chi connectivity index (χ2v) is 6.01. The monoisotopic (exact) mass is 268 g/mol. The normalized spacial score (nSPS) is 18.4. The summed E-state index contributed by atoms with van der Waals surface area (Å²) >= 11 is 1.43. The minimum Gasteiger partial charge on any atom is -0.342 e. The van der Waals surface area contributed by atoms with Crippen molar-refractivity contribution in [2.75, 3.05) is 13.1 Å². The molecule has 100 valence electrons. The molecule has 0 spiro atoms. The lowest BCUT2D eigenvalue weighted by molar-refractivity contribution is -0.130. The number of carbonyl (C=O) groups excluding carboxylic acids is 1. The number of rotatable bonds is 3. The van der Waals surface area contributed by atoms with Gasteiger partial charge < -0.3 is 4.90 Å². The van der Waals surface area contributed by atoms with Crippen molar-refractivity contribution >= 4 is 17.7 Å². The number of hydrogen-bond donors (Lipinski definition) is 1. The first-order chi connectivity index (χ1) is 8.66. The second-order valence-electron chi connectivity index (χ2n) is 4.70. The molecule has 1 saturated heterocycles. The quantitative estimate of drug-likeness (QED) is 0.852. The molecule has 2 heterocycles. The van der Waals surface area contributed by atoms with E-state index < -0.39 is 0 Å². The minimum absolute atomic E-state index is 0.113. The van der Waals surface area contributed by atoms with Crippen LogP contribution in [0.3, 0.4) is 0 Å². The number of nitrogens with one attached hydrogen (secondary N) is 1. The maximum Gasteiger partial charge on any atom is 0.235 e. The van der Waals surface area contributed by atoms with Crippen molar-refractivity contribution in [2.45, 2.75) is 49.9 Å². The molecule has 1 aromatic rings. The highest BCUT2D eigenvalue weighted by Gasteiger charge is 2.23. The van der Waals surface area contributed by atoms with Crippen LogP contribution in [0.25, 0.3) is 0 Å². The van der Waals surface area contributed by atoms with Crippen molar-refractivity contribution in [3.63, 3.8) is 0 Å². The van der Waals surface area contributed by atoms with Gasteiger partial charge in [-0.3, -0.25) is 9.89 Å². The fourth-order valence-corrected chi connectivity index (χ4v) is 2.99. The summed E-state index contributed by atoms with van der Waals surface area (Å²) in [7, 11) is 0. The van der Waals surface area contributed by atoms with Gasteiger partial charge in [0.2, 0.25) is 11.1 Å². The van der Waals surface area contributed by atoms with Crippen molar-refractivity contribution in [1.82, 2.24) is 20.1 Å². The maximum atomic E-state index is 12.3. The number of thioether (sulfide) groups is 1. The number of aromatic amines is 1. The predicted octanol–water partition coefficient (Wildman–Crippen LogP) is 2.00. The van der Waals surface area contributed by atoms with Crippen LogP contribution < -0.4 is 0 Å². The molecule has 6 heteroatoms. The molecule has 0 bridgehead atoms. The number of H-pyrrole nitrogens is 1. The van der Waals surface area contributed by atoms with Gasteiger partial charge in [0.1, 0.15) is 5.82 Å². The zero-order chi connectivity index (χ0) is 13.0. The predicted molar refractivity (Wildman–Crippen MR) is 71.5 cm³/mol. The van der Waals surface area contributed by atoms with E-state index in [9.17, 15) is 4.79 Å². The Morgan fingerprint density at radius 3 is 2.56 bits per heavy atom. The number of nitrogens with zero attached hydrogens (tertiary/aromatic N) is 3. The van der Waals surface area contributed by atoms with Gasteiger partial charge in [-0.1, -0.05) is 24.6 Å². The van der Waals surface area contributed by atoms with Gasteiger partial charge in [-0.2, -0.15) is 0 Å². The zero-order valence-corrected chi connectivity index (χ0v) is 11.8. The molecule has 1 fully saturated rings. The van der Waals surface area contributed by atoms with Crippen LogP contribution in [0, 0.1) is 6.92 Å². The third-order valence-electron chi connectivity index (χ3n) is 3.12. The van der Waals surface area contributed by atoms with E-state index in [0.717, 1.165) is 31.8 Å². The van der Waals surface area contributed by atoms with Crippen LogP contribution in [0.4, 0.5) is 0 Å². The Morgan fingerprint density at radius 1 is 1.33 bits per heavy atom. The number of hydrogen-bond acceptors (Lipinski definition) is 4. The summed E-state index contributed by atoms with van der Waals surface area (Å²) in [6.45, 7) is 5.59. The molecule has 1 unspecified atom stereocenters. The fraction of sp³-hybridized carbons (Fsp3) is 0.750. The van der Waals surface area contributed by atoms with Gasteiger partial charge >= 0.3 is 0 Å². The first-order valence-corrected chi connectivity index (χ1v) is 7.39. The second kappa shape index (κ2) is 6.22. The van der Waals surface area contributed by atoms with Crippen LogP contribution in [-0.4, -0.2) is 44.3 Å². The molecular formula is C12H20N4OS. The van der Waals surface area contributed by atoms with Gasteiger partial charge in [-0.15, -0.1) is 5.10 Å². The molecule has 1 aliphatic heterocycles. The molecule has 0 saturated carbocycles. The van der Waals surface area contributed by atoms with Crippen LogP contribution in [0.1, 0.15) is 38.4 Å². The summed E-state index contributed by atoms with van der Waals surface area (Å²) < 4.78 is 0. The van der Waals surface area contributed by atoms with Crippen molar-refractivity contribution < 1.29 is 4.79 Å². The summed E-state index contributed by atoms with van der Waals surface area (Å²) in [5.74, 6) is 0.997. The van der Waals surface area contributed by atoms with E-state index in [2.05, 4.69) is 15.2 Å². The summed E-state index contributed by atoms with van der Waals surface area (Å²) in [6.07, 6.45) is 4.74. The lowest BCUT2D eigenvalue weighted by Gasteiger charge is -2.23. The Labute approximate surface area is 112 Å². The Morgan fingerprint density at radius 2 is 2.00 bits per heavy atom. The van der Waals surface area contributed by atoms with E-state index in [0.29, 0.717) is 5.16 Å². The molecule has 1 N–H and O–H groups in total. The molecule has 1 aliphatic rings. The highest BCUT2D eigenvalue weighted by molar-refractivity contribution is 8.00. The van der Waals surface area contributed by atoms with Crippen molar-refractivity contribution in [1.29, 1.82) is 0 Å². The van der Waals surface area contributed by atoms with E-state index in [1.165, 1.54) is 24.6 Å². The average Bonchev–Trinajstić information content (AvgIpc) is 2.62. The minimum atomic E-state index is -0.113. The summed E-state index contributed by atoms with van der Waals surface area (Å²) in [6, 6.07) is 0. The van der Waals surface area contributed by atoms with Crippen molar-refractivity contribution in [2.24, 2.45) is 0 Å². The van der Waals surface area contributed by atoms with Crippen LogP contribution >= 0.6 is 11.8 Å². The summed E-state index contributed by atoms with van der Waals surface area (Å²) in [5, 5.41) is 7.40. The molecule has 0 aromatic carbocycles. The van der Waals surface area contributed by atoms with Crippen LogP contribution in [-0.2, 0) is 4.79 Å². The number of aromatic nitrogens is 3. The van der Waals surface area contributed by atoms with E-state index in [1.807, 2.05) is 18.7 Å². The van der Waals surface area contributed by atoms with E-state index >= 15 is 0 Å². The lowest BCUT2D eigenvalue weighted by atomic mass is 10.2. The Balaban J connectivity index is 1.91. The molecule has 2 rings (SSSR count). The average molecular weight is 268 g/mol. The Hall–Kier alpha value is -1.04. The summed E-state index contributed by atoms with van der Waals surface area (Å²) in [4.78, 5) is 18.5. The molecule has 1 aromatic heterocycles. The number of carbonyl (C=O) groups is 1. The Kier molecular flexibility index (Phi) is 4.63. The third kappa shape index (κ3) is 3.48. The fourth-order valence-electron chi connectivity index (χ4n) is 2.13. The van der Waals surface area contributed by atoms with Gasteiger partial charge in [0.15, 0.2) is 0 Å². The highest BCUT2D eigenvalue weighted by Crippen LogP contribution is 2.22. The third-order valence-corrected chi connectivity index (χ3v) is 4.07. The topological polar surface area (TPSA) is 61.9 Å². The number of aryl methyl sites for hydroxylation is 1. The van der Waals surface area contributed by atoms with Crippen LogP contribution in [0.2, 0.25) is 0 Å². The van der Waals surface area contributed by atoms with E-state index in [4.69, 9.17) is 0 Å². The maximum absolute atomic E-state index is 12.3. The van der Waals surface area contributed by atoms with E-state index in [1.54, 1.807) is 0 Å². The van der Waals surface area contributed by atoms with Gasteiger partial charge in [-0.05, 0) is 26.7 Å². The highest BCUT2D eigenvalue weighted by atomic mass is 32.2. The van der Waals surface area contributed by atoms with Crippen molar-refractivity contribution in [3.8, 4) is 0 Å². The molecule has 1 atom stereocenters. The van der Waals surface area contributed by atoms with Crippen LogP contribution in [0.15, 0.2) is 5.16 Å². The van der Waals surface area contributed by atoms with Crippen LogP contribution in [0.5, 0.6) is 0 Å². The molecule has 18 heavy (non-hydrogen) atoms. The number of likely N-dealkylation sites (tertiary alicyclic amines) is 1. The van der Waals surface area contributed by atoms with Gasteiger partial charge in [-0.25, -0.2) is 4.98 Å².